The molecule has 4 atom stereocenters. The maximum Gasteiger partial charge on any atom is 0.164 e. The first kappa shape index (κ1) is 21.7. The van der Waals surface area contributed by atoms with Crippen molar-refractivity contribution in [2.45, 2.75) is 96.3 Å². The molecular formula is C23H36O5. The van der Waals surface area contributed by atoms with E-state index in [4.69, 9.17) is 23.7 Å². The van der Waals surface area contributed by atoms with Crippen LogP contribution in [0.1, 0.15) is 72.0 Å². The monoisotopic (exact) mass is 392 g/mol. The molecule has 2 saturated heterocycles. The Bertz CT molecular complexity index is 600. The van der Waals surface area contributed by atoms with E-state index in [0.717, 1.165) is 12.0 Å². The summed E-state index contributed by atoms with van der Waals surface area (Å²) in [5.74, 6) is -1.29. The summed E-state index contributed by atoms with van der Waals surface area (Å²) in [4.78, 5) is 0. The van der Waals surface area contributed by atoms with Crippen LogP contribution in [0.25, 0.3) is 0 Å². The van der Waals surface area contributed by atoms with Gasteiger partial charge in [-0.05, 0) is 39.7 Å². The highest BCUT2D eigenvalue weighted by Crippen LogP contribution is 2.41. The molecule has 2 heterocycles. The van der Waals surface area contributed by atoms with Crippen LogP contribution in [-0.4, -0.2) is 43.1 Å². The topological polar surface area (TPSA) is 46.2 Å². The highest BCUT2D eigenvalue weighted by molar-refractivity contribution is 5.20. The molecule has 0 saturated carbocycles. The zero-order chi connectivity index (χ0) is 20.2. The normalized spacial score (nSPS) is 29.8. The zero-order valence-corrected chi connectivity index (χ0v) is 18.0. The number of unbranched alkanes of at least 4 members (excludes halogenated alkanes) is 3. The Morgan fingerprint density at radius 1 is 0.964 bits per heavy atom. The van der Waals surface area contributed by atoms with E-state index < -0.39 is 11.6 Å². The third-order valence-electron chi connectivity index (χ3n) is 5.28. The van der Waals surface area contributed by atoms with Gasteiger partial charge in [0.05, 0.1) is 6.61 Å². The van der Waals surface area contributed by atoms with Crippen LogP contribution in [0.2, 0.25) is 0 Å². The summed E-state index contributed by atoms with van der Waals surface area (Å²) in [7, 11) is 0. The number of ether oxygens (including phenoxy) is 5. The van der Waals surface area contributed by atoms with E-state index in [2.05, 4.69) is 19.1 Å². The molecule has 28 heavy (non-hydrogen) atoms. The lowest BCUT2D eigenvalue weighted by atomic mass is 9.97. The van der Waals surface area contributed by atoms with E-state index in [0.29, 0.717) is 13.2 Å². The van der Waals surface area contributed by atoms with Gasteiger partial charge in [0.1, 0.15) is 24.4 Å². The van der Waals surface area contributed by atoms with Crippen LogP contribution in [0.5, 0.6) is 0 Å². The molecule has 0 N–H and O–H groups in total. The molecule has 1 aromatic rings. The molecule has 2 aliphatic rings. The van der Waals surface area contributed by atoms with Crippen molar-refractivity contribution in [3.8, 4) is 0 Å². The maximum atomic E-state index is 6.39. The van der Waals surface area contributed by atoms with Crippen molar-refractivity contribution in [1.82, 2.24) is 0 Å². The van der Waals surface area contributed by atoms with Gasteiger partial charge in [-0.1, -0.05) is 56.5 Å². The smallest absolute Gasteiger partial charge is 0.164 e. The molecule has 2 fully saturated rings. The van der Waals surface area contributed by atoms with Crippen LogP contribution < -0.4 is 0 Å². The average molecular weight is 393 g/mol. The van der Waals surface area contributed by atoms with E-state index in [-0.39, 0.29) is 24.4 Å². The predicted octanol–water partition coefficient (Wildman–Crippen LogP) is 5.00. The summed E-state index contributed by atoms with van der Waals surface area (Å²) in [6.45, 7) is 11.2. The van der Waals surface area contributed by atoms with Crippen LogP contribution >= 0.6 is 0 Å². The summed E-state index contributed by atoms with van der Waals surface area (Å²) in [6.07, 6.45) is 3.78. The first-order valence-electron chi connectivity index (χ1n) is 10.7. The minimum atomic E-state index is -0.690. The predicted molar refractivity (Wildman–Crippen MR) is 108 cm³/mol. The average Bonchev–Trinajstić information content (AvgIpc) is 3.17. The quantitative estimate of drug-likeness (QED) is 0.554. The van der Waals surface area contributed by atoms with Gasteiger partial charge in [0, 0.05) is 6.61 Å². The minimum Gasteiger partial charge on any atom is -0.371 e. The van der Waals surface area contributed by atoms with Crippen molar-refractivity contribution in [3.05, 3.63) is 35.9 Å². The first-order chi connectivity index (χ1) is 13.3. The second-order valence-corrected chi connectivity index (χ2v) is 8.69. The highest BCUT2D eigenvalue weighted by Gasteiger charge is 2.52. The van der Waals surface area contributed by atoms with Crippen LogP contribution in [-0.2, 0) is 23.7 Å². The second kappa shape index (κ2) is 9.23. The van der Waals surface area contributed by atoms with Gasteiger partial charge in [0.25, 0.3) is 0 Å². The van der Waals surface area contributed by atoms with E-state index in [1.165, 1.54) is 19.3 Å². The van der Waals surface area contributed by atoms with Gasteiger partial charge in [-0.3, -0.25) is 0 Å². The summed E-state index contributed by atoms with van der Waals surface area (Å²) in [6, 6.07) is 10.3. The molecule has 0 unspecified atom stereocenters. The third kappa shape index (κ3) is 5.55. The van der Waals surface area contributed by atoms with E-state index in [1.807, 2.05) is 45.9 Å². The van der Waals surface area contributed by atoms with Crippen LogP contribution in [0.4, 0.5) is 0 Å². The SMILES string of the molecule is CCCCCCO[C@H](c1ccccc1)[C@H]1OC(C)(C)O[C@@H]1[C@H]1COC(C)(C)O1. The standard InChI is InChI=1S/C23H36O5/c1-6-7-8-12-15-24-19(17-13-10-9-11-14-17)21-20(27-23(4,5)28-21)18-16-25-22(2,3)26-18/h9-11,13-14,18-21H,6-8,12,15-16H2,1-5H3/t18-,19-,20-,21-/m1/s1. The molecule has 3 rings (SSSR count). The van der Waals surface area contributed by atoms with E-state index >= 15 is 0 Å². The first-order valence-corrected chi connectivity index (χ1v) is 10.7. The third-order valence-corrected chi connectivity index (χ3v) is 5.28. The lowest BCUT2D eigenvalue weighted by Crippen LogP contribution is -2.41. The summed E-state index contributed by atoms with van der Waals surface area (Å²) >= 11 is 0. The van der Waals surface area contributed by atoms with Crippen molar-refractivity contribution in [1.29, 1.82) is 0 Å². The Balaban J connectivity index is 1.77. The summed E-state index contributed by atoms with van der Waals surface area (Å²) in [5, 5.41) is 0. The Morgan fingerprint density at radius 3 is 2.36 bits per heavy atom. The van der Waals surface area contributed by atoms with E-state index in [1.54, 1.807) is 0 Å². The minimum absolute atomic E-state index is 0.184. The number of rotatable bonds is 9. The van der Waals surface area contributed by atoms with Gasteiger partial charge in [-0.2, -0.15) is 0 Å². The van der Waals surface area contributed by atoms with Gasteiger partial charge in [-0.15, -0.1) is 0 Å². The maximum absolute atomic E-state index is 6.39. The molecule has 0 radical (unpaired) electrons. The molecule has 5 heteroatoms. The summed E-state index contributed by atoms with van der Waals surface area (Å²) in [5.41, 5.74) is 1.10. The molecule has 1 aromatic carbocycles. The van der Waals surface area contributed by atoms with Crippen molar-refractivity contribution < 1.29 is 23.7 Å². The number of hydrogen-bond acceptors (Lipinski definition) is 5. The Labute approximate surface area is 169 Å². The Hall–Kier alpha value is -0.980. The van der Waals surface area contributed by atoms with Crippen molar-refractivity contribution in [2.75, 3.05) is 13.2 Å². The van der Waals surface area contributed by atoms with Gasteiger partial charge < -0.3 is 23.7 Å². The van der Waals surface area contributed by atoms with Crippen LogP contribution in [0.3, 0.4) is 0 Å². The lowest BCUT2D eigenvalue weighted by molar-refractivity contribution is -0.175. The largest absolute Gasteiger partial charge is 0.371 e. The fourth-order valence-electron chi connectivity index (χ4n) is 3.98. The van der Waals surface area contributed by atoms with Crippen LogP contribution in [0.15, 0.2) is 30.3 Å². The van der Waals surface area contributed by atoms with Gasteiger partial charge in [0.2, 0.25) is 0 Å². The zero-order valence-electron chi connectivity index (χ0n) is 18.0. The fourth-order valence-corrected chi connectivity index (χ4v) is 3.98. The molecule has 2 aliphatic heterocycles. The molecule has 0 aliphatic carbocycles. The van der Waals surface area contributed by atoms with Crippen molar-refractivity contribution >= 4 is 0 Å². The molecule has 0 bridgehead atoms. The molecule has 0 amide bonds. The number of benzene rings is 1. The highest BCUT2D eigenvalue weighted by atomic mass is 16.8. The molecule has 0 spiro atoms. The lowest BCUT2D eigenvalue weighted by Gasteiger charge is -2.29. The van der Waals surface area contributed by atoms with Crippen molar-refractivity contribution in [3.63, 3.8) is 0 Å². The Kier molecular flexibility index (Phi) is 7.16. The molecule has 0 aromatic heterocycles. The van der Waals surface area contributed by atoms with Gasteiger partial charge in [-0.25, -0.2) is 0 Å². The van der Waals surface area contributed by atoms with Gasteiger partial charge in [0.15, 0.2) is 11.6 Å². The fraction of sp³-hybridized carbons (Fsp3) is 0.739. The van der Waals surface area contributed by atoms with Crippen LogP contribution in [0, 0.1) is 0 Å². The number of hydrogen-bond donors (Lipinski definition) is 0. The second-order valence-electron chi connectivity index (χ2n) is 8.69. The van der Waals surface area contributed by atoms with E-state index in [9.17, 15) is 0 Å². The molecule has 5 nitrogen and oxygen atoms in total. The Morgan fingerprint density at radius 2 is 1.71 bits per heavy atom. The summed E-state index contributed by atoms with van der Waals surface area (Å²) < 4.78 is 30.9. The van der Waals surface area contributed by atoms with Crippen molar-refractivity contribution in [2.24, 2.45) is 0 Å². The molecular weight excluding hydrogens is 356 g/mol. The molecule has 158 valence electrons. The van der Waals surface area contributed by atoms with Gasteiger partial charge >= 0.3 is 0 Å².